The molecule has 6 fully saturated rings. The van der Waals surface area contributed by atoms with Crippen molar-refractivity contribution in [3.8, 4) is 0 Å². The highest BCUT2D eigenvalue weighted by Gasteiger charge is 2.49. The molecule has 0 radical (unpaired) electrons. The summed E-state index contributed by atoms with van der Waals surface area (Å²) < 4.78 is 0. The van der Waals surface area contributed by atoms with Crippen molar-refractivity contribution in [2.75, 3.05) is 0 Å². The maximum Gasteiger partial charge on any atom is 0.0129 e. The van der Waals surface area contributed by atoms with Crippen LogP contribution in [-0.4, -0.2) is 12.1 Å². The van der Waals surface area contributed by atoms with Crippen molar-refractivity contribution < 1.29 is 0 Å². The number of hydrogen-bond donors (Lipinski definition) is 1. The van der Waals surface area contributed by atoms with E-state index in [1.54, 1.807) is 19.3 Å². The summed E-state index contributed by atoms with van der Waals surface area (Å²) in [5.74, 6) is 17.2. The van der Waals surface area contributed by atoms with Crippen molar-refractivity contribution in [3.63, 3.8) is 0 Å². The molecule has 1 N–H and O–H groups in total. The molecule has 0 heterocycles. The Bertz CT molecular complexity index is 972. The molecular weight excluding hydrogens is 579 g/mol. The SMILES string of the molecule is CC(C)C1C(C)C(C)C1CCC1CCCC1NC1C(C)C(C)C1CCC(CC(C)C1CCC1)C(CCC1CCC1C)C1CC(C)[C@H](C)C1. The summed E-state index contributed by atoms with van der Waals surface area (Å²) >= 11 is 0. The molecule has 6 aliphatic carbocycles. The maximum atomic E-state index is 4.47. The van der Waals surface area contributed by atoms with E-state index in [9.17, 15) is 0 Å². The Balaban J connectivity index is 1.09. The van der Waals surface area contributed by atoms with Crippen LogP contribution in [0.1, 0.15) is 178 Å². The standard InChI is InChI=1S/C47H85N/c1-28(2)46-35(9)33(7)42(46)22-20-39-15-12-16-45(39)48-47-36(10)34(8)43(47)23-21-40(27-32(6)37-13-11-14-37)44(24-19-38-18-17-29(38)3)41-25-30(4)31(5)26-41/h28-48H,11-27H2,1-10H3/t29?,30-,31?,32?,33?,34?,35?,36?,38?,39?,40?,41?,42?,43?,44?,45?,46?,47?/m1/s1. The second-order valence-electron chi connectivity index (χ2n) is 21.1. The van der Waals surface area contributed by atoms with Gasteiger partial charge in [0.2, 0.25) is 0 Å². The van der Waals surface area contributed by atoms with Gasteiger partial charge in [0.15, 0.2) is 0 Å². The van der Waals surface area contributed by atoms with Gasteiger partial charge in [0.05, 0.1) is 0 Å². The molecule has 6 saturated carbocycles. The van der Waals surface area contributed by atoms with Gasteiger partial charge in [0, 0.05) is 12.1 Å². The lowest BCUT2D eigenvalue weighted by Crippen LogP contribution is -2.59. The van der Waals surface area contributed by atoms with Crippen LogP contribution in [0, 0.1) is 107 Å². The van der Waals surface area contributed by atoms with E-state index in [-0.39, 0.29) is 0 Å². The Morgan fingerprint density at radius 1 is 0.562 bits per heavy atom. The maximum absolute atomic E-state index is 4.47. The van der Waals surface area contributed by atoms with Crippen molar-refractivity contribution in [3.05, 3.63) is 0 Å². The molecule has 18 atom stereocenters. The third-order valence-electron chi connectivity index (χ3n) is 18.5. The minimum atomic E-state index is 0.780. The third kappa shape index (κ3) is 7.97. The van der Waals surface area contributed by atoms with Crippen LogP contribution in [0.2, 0.25) is 0 Å². The molecule has 6 aliphatic rings. The van der Waals surface area contributed by atoms with Crippen LogP contribution >= 0.6 is 0 Å². The van der Waals surface area contributed by atoms with E-state index < -0.39 is 0 Å². The Hall–Kier alpha value is -0.0400. The van der Waals surface area contributed by atoms with Gasteiger partial charge in [-0.1, -0.05) is 101 Å². The predicted octanol–water partition coefficient (Wildman–Crippen LogP) is 13.3. The Morgan fingerprint density at radius 2 is 1.25 bits per heavy atom. The van der Waals surface area contributed by atoms with Crippen molar-refractivity contribution >= 4 is 0 Å². The Morgan fingerprint density at radius 3 is 1.85 bits per heavy atom. The minimum absolute atomic E-state index is 0.780. The number of nitrogens with one attached hydrogen (secondary N) is 1. The van der Waals surface area contributed by atoms with Gasteiger partial charge < -0.3 is 5.32 Å². The minimum Gasteiger partial charge on any atom is -0.310 e. The molecule has 0 saturated heterocycles. The second-order valence-corrected chi connectivity index (χ2v) is 21.1. The number of hydrogen-bond acceptors (Lipinski definition) is 1. The first-order chi connectivity index (χ1) is 22.9. The first kappa shape index (κ1) is 37.7. The normalized spacial score (nSPS) is 46.4. The van der Waals surface area contributed by atoms with E-state index >= 15 is 0 Å². The van der Waals surface area contributed by atoms with E-state index in [1.807, 2.05) is 0 Å². The summed E-state index contributed by atoms with van der Waals surface area (Å²) in [6.45, 7) is 25.7. The summed E-state index contributed by atoms with van der Waals surface area (Å²) in [4.78, 5) is 0. The molecule has 0 amide bonds. The molecule has 0 aromatic rings. The van der Waals surface area contributed by atoms with Gasteiger partial charge in [-0.2, -0.15) is 0 Å². The van der Waals surface area contributed by atoms with Crippen LogP contribution < -0.4 is 5.32 Å². The predicted molar refractivity (Wildman–Crippen MR) is 209 cm³/mol. The van der Waals surface area contributed by atoms with Crippen molar-refractivity contribution in [1.29, 1.82) is 0 Å². The fraction of sp³-hybridized carbons (Fsp3) is 1.00. The molecule has 1 nitrogen and oxygen atoms in total. The molecule has 0 bridgehead atoms. The molecule has 6 rings (SSSR count). The van der Waals surface area contributed by atoms with E-state index in [2.05, 4.69) is 74.6 Å². The largest absolute Gasteiger partial charge is 0.310 e. The second kappa shape index (κ2) is 16.3. The fourth-order valence-corrected chi connectivity index (χ4v) is 14.0. The highest BCUT2D eigenvalue weighted by atomic mass is 15.0. The quantitative estimate of drug-likeness (QED) is 0.163. The lowest BCUT2D eigenvalue weighted by molar-refractivity contribution is -0.0390. The Labute approximate surface area is 301 Å². The van der Waals surface area contributed by atoms with Gasteiger partial charge in [-0.3, -0.25) is 0 Å². The molecule has 0 aromatic heterocycles. The van der Waals surface area contributed by atoms with Crippen LogP contribution in [0.25, 0.3) is 0 Å². The summed E-state index contributed by atoms with van der Waals surface area (Å²) in [7, 11) is 0. The molecule has 278 valence electrons. The van der Waals surface area contributed by atoms with Crippen LogP contribution in [0.3, 0.4) is 0 Å². The molecule has 17 unspecified atom stereocenters. The van der Waals surface area contributed by atoms with E-state index in [0.29, 0.717) is 0 Å². The van der Waals surface area contributed by atoms with Gasteiger partial charge >= 0.3 is 0 Å². The zero-order valence-corrected chi connectivity index (χ0v) is 34.1. The van der Waals surface area contributed by atoms with Gasteiger partial charge in [0.1, 0.15) is 0 Å². The lowest BCUT2D eigenvalue weighted by atomic mass is 9.53. The van der Waals surface area contributed by atoms with Crippen LogP contribution in [-0.2, 0) is 0 Å². The summed E-state index contributed by atoms with van der Waals surface area (Å²) in [6.07, 6.45) is 25.7. The van der Waals surface area contributed by atoms with E-state index in [1.165, 1.54) is 89.9 Å². The summed E-state index contributed by atoms with van der Waals surface area (Å²) in [5.41, 5.74) is 0. The van der Waals surface area contributed by atoms with Gasteiger partial charge in [0.25, 0.3) is 0 Å². The molecule has 48 heavy (non-hydrogen) atoms. The topological polar surface area (TPSA) is 12.0 Å². The van der Waals surface area contributed by atoms with E-state index in [4.69, 9.17) is 0 Å². The molecule has 0 aliphatic heterocycles. The van der Waals surface area contributed by atoms with Gasteiger partial charge in [-0.05, 0) is 184 Å². The monoisotopic (exact) mass is 664 g/mol. The fourth-order valence-electron chi connectivity index (χ4n) is 14.0. The number of rotatable bonds is 17. The average molecular weight is 664 g/mol. The van der Waals surface area contributed by atoms with Crippen LogP contribution in [0.4, 0.5) is 0 Å². The zero-order valence-electron chi connectivity index (χ0n) is 34.1. The van der Waals surface area contributed by atoms with Crippen LogP contribution in [0.5, 0.6) is 0 Å². The van der Waals surface area contributed by atoms with Crippen molar-refractivity contribution in [1.82, 2.24) is 5.32 Å². The van der Waals surface area contributed by atoms with Crippen LogP contribution in [0.15, 0.2) is 0 Å². The summed E-state index contributed by atoms with van der Waals surface area (Å²) in [6, 6.07) is 1.58. The Kier molecular flexibility index (Phi) is 12.8. The first-order valence-corrected chi connectivity index (χ1v) is 22.7. The smallest absolute Gasteiger partial charge is 0.0129 e. The van der Waals surface area contributed by atoms with Gasteiger partial charge in [-0.25, -0.2) is 0 Å². The molecule has 1 heteroatoms. The van der Waals surface area contributed by atoms with E-state index in [0.717, 1.165) is 119 Å². The molecular formula is C47H85N. The highest BCUT2D eigenvalue weighted by molar-refractivity contribution is 5.02. The zero-order chi connectivity index (χ0) is 34.3. The summed E-state index contributed by atoms with van der Waals surface area (Å²) in [5, 5.41) is 4.47. The highest BCUT2D eigenvalue weighted by Crippen LogP contribution is 2.54. The average Bonchev–Trinajstić information content (AvgIpc) is 3.61. The molecule has 0 aromatic carbocycles. The first-order valence-electron chi connectivity index (χ1n) is 22.7. The third-order valence-corrected chi connectivity index (χ3v) is 18.5. The lowest BCUT2D eigenvalue weighted by Gasteiger charge is -2.53. The van der Waals surface area contributed by atoms with Crippen molar-refractivity contribution in [2.24, 2.45) is 107 Å². The van der Waals surface area contributed by atoms with Gasteiger partial charge in [-0.15, -0.1) is 0 Å². The molecule has 0 spiro atoms. The van der Waals surface area contributed by atoms with Crippen molar-refractivity contribution in [2.45, 2.75) is 190 Å².